The second-order valence-corrected chi connectivity index (χ2v) is 4.37. The van der Waals surface area contributed by atoms with Crippen molar-refractivity contribution < 1.29 is 13.2 Å². The molecule has 1 aliphatic heterocycles. The van der Waals surface area contributed by atoms with E-state index in [2.05, 4.69) is 25.8 Å². The number of nitrogens with zero attached hydrogens (tertiary/aromatic N) is 3. The fourth-order valence-electron chi connectivity index (χ4n) is 1.86. The second kappa shape index (κ2) is 5.13. The third-order valence-electron chi connectivity index (χ3n) is 2.92. The first-order valence-electron chi connectivity index (χ1n) is 6.07. The maximum atomic E-state index is 12.5. The summed E-state index contributed by atoms with van der Waals surface area (Å²) in [5, 5.41) is 0. The van der Waals surface area contributed by atoms with Crippen LogP contribution >= 0.6 is 0 Å². The van der Waals surface area contributed by atoms with E-state index in [0.29, 0.717) is 11.5 Å². The van der Waals surface area contributed by atoms with Crippen molar-refractivity contribution in [3.05, 3.63) is 59.7 Å². The molecule has 0 amide bonds. The minimum Gasteiger partial charge on any atom is -0.302 e. The molecule has 3 rings (SSSR count). The van der Waals surface area contributed by atoms with Crippen LogP contribution in [0.25, 0.3) is 0 Å². The Balaban J connectivity index is 1.82. The zero-order valence-electron chi connectivity index (χ0n) is 10.6. The average Bonchev–Trinajstić information content (AvgIpc) is 2.97. The lowest BCUT2D eigenvalue weighted by molar-refractivity contribution is -0.137. The first-order chi connectivity index (χ1) is 10.0. The molecule has 1 atom stereocenters. The number of hydrogen-bond donors (Lipinski definition) is 2. The van der Waals surface area contributed by atoms with Crippen LogP contribution in [0.4, 0.5) is 13.2 Å². The standard InChI is InChI=1S/C13H10F3N5/c14-13(15,16)9-3-4-10(18-7-9)12-19-11(20-21-12)8-2-1-5-17-6-8/h1-7,11,20H,(H,19,21). The number of hydrazine groups is 1. The van der Waals surface area contributed by atoms with Gasteiger partial charge in [-0.05, 0) is 18.2 Å². The molecule has 1 aliphatic rings. The predicted molar refractivity (Wildman–Crippen MR) is 69.0 cm³/mol. The van der Waals surface area contributed by atoms with E-state index >= 15 is 0 Å². The van der Waals surface area contributed by atoms with E-state index in [-0.39, 0.29) is 6.17 Å². The average molecular weight is 293 g/mol. The van der Waals surface area contributed by atoms with E-state index in [4.69, 9.17) is 0 Å². The van der Waals surface area contributed by atoms with E-state index in [9.17, 15) is 13.2 Å². The number of pyridine rings is 2. The summed E-state index contributed by atoms with van der Waals surface area (Å²) in [5.41, 5.74) is 6.10. The quantitative estimate of drug-likeness (QED) is 0.889. The molecule has 2 aromatic rings. The van der Waals surface area contributed by atoms with Gasteiger partial charge in [-0.3, -0.25) is 9.97 Å². The Labute approximate surface area is 117 Å². The van der Waals surface area contributed by atoms with Crippen LogP contribution in [-0.2, 0) is 6.18 Å². The fourth-order valence-corrected chi connectivity index (χ4v) is 1.86. The van der Waals surface area contributed by atoms with Gasteiger partial charge in [0, 0.05) is 24.2 Å². The Bertz CT molecular complexity index is 652. The number of nitrogens with one attached hydrogen (secondary N) is 2. The van der Waals surface area contributed by atoms with Gasteiger partial charge in [-0.2, -0.15) is 13.2 Å². The summed E-state index contributed by atoms with van der Waals surface area (Å²) < 4.78 is 37.4. The maximum Gasteiger partial charge on any atom is 0.417 e. The lowest BCUT2D eigenvalue weighted by Crippen LogP contribution is -2.32. The third kappa shape index (κ3) is 2.84. The van der Waals surface area contributed by atoms with E-state index in [1.54, 1.807) is 18.5 Å². The van der Waals surface area contributed by atoms with Crippen molar-refractivity contribution in [1.82, 2.24) is 20.8 Å². The highest BCUT2D eigenvalue weighted by Gasteiger charge is 2.31. The molecule has 0 aromatic carbocycles. The van der Waals surface area contributed by atoms with Crippen molar-refractivity contribution in [2.75, 3.05) is 0 Å². The van der Waals surface area contributed by atoms with Crippen LogP contribution in [0.2, 0.25) is 0 Å². The lowest BCUT2D eigenvalue weighted by Gasteiger charge is -2.06. The molecule has 2 N–H and O–H groups in total. The number of aliphatic imine (C=N–C) groups is 1. The van der Waals surface area contributed by atoms with Crippen LogP contribution in [-0.4, -0.2) is 15.8 Å². The number of hydrogen-bond acceptors (Lipinski definition) is 5. The van der Waals surface area contributed by atoms with Gasteiger partial charge < -0.3 is 5.43 Å². The van der Waals surface area contributed by atoms with E-state index in [1.807, 2.05) is 6.07 Å². The smallest absolute Gasteiger partial charge is 0.302 e. The summed E-state index contributed by atoms with van der Waals surface area (Å²) >= 11 is 0. The summed E-state index contributed by atoms with van der Waals surface area (Å²) in [6, 6.07) is 5.88. The minimum atomic E-state index is -4.40. The van der Waals surface area contributed by atoms with Crippen molar-refractivity contribution in [1.29, 1.82) is 0 Å². The van der Waals surface area contributed by atoms with Crippen LogP contribution in [0, 0.1) is 0 Å². The highest BCUT2D eigenvalue weighted by Crippen LogP contribution is 2.28. The summed E-state index contributed by atoms with van der Waals surface area (Å²) in [7, 11) is 0. The summed E-state index contributed by atoms with van der Waals surface area (Å²) in [4.78, 5) is 12.1. The summed E-state index contributed by atoms with van der Waals surface area (Å²) in [6.07, 6.45) is -0.651. The van der Waals surface area contributed by atoms with Gasteiger partial charge in [-0.1, -0.05) is 6.07 Å². The highest BCUT2D eigenvalue weighted by molar-refractivity contribution is 5.97. The molecule has 1 unspecified atom stereocenters. The van der Waals surface area contributed by atoms with Gasteiger partial charge in [0.05, 0.1) is 5.56 Å². The first-order valence-corrected chi connectivity index (χ1v) is 6.07. The molecule has 0 fully saturated rings. The molecule has 0 saturated heterocycles. The van der Waals surface area contributed by atoms with Crippen LogP contribution in [0.3, 0.4) is 0 Å². The lowest BCUT2D eigenvalue weighted by atomic mass is 10.2. The van der Waals surface area contributed by atoms with Crippen molar-refractivity contribution in [3.63, 3.8) is 0 Å². The van der Waals surface area contributed by atoms with Crippen molar-refractivity contribution in [2.45, 2.75) is 12.3 Å². The van der Waals surface area contributed by atoms with E-state index < -0.39 is 11.7 Å². The third-order valence-corrected chi connectivity index (χ3v) is 2.92. The zero-order valence-corrected chi connectivity index (χ0v) is 10.6. The predicted octanol–water partition coefficient (Wildman–Crippen LogP) is 2.05. The Kier molecular flexibility index (Phi) is 3.30. The van der Waals surface area contributed by atoms with Gasteiger partial charge in [0.1, 0.15) is 11.9 Å². The van der Waals surface area contributed by atoms with Gasteiger partial charge in [-0.15, -0.1) is 0 Å². The zero-order chi connectivity index (χ0) is 14.9. The SMILES string of the molecule is FC(F)(F)c1ccc(C2=NC(c3cccnc3)NN2)nc1. The second-order valence-electron chi connectivity index (χ2n) is 4.37. The minimum absolute atomic E-state index is 0.335. The fraction of sp³-hybridized carbons (Fsp3) is 0.154. The molecule has 0 bridgehead atoms. The Morgan fingerprint density at radius 2 is 1.95 bits per heavy atom. The van der Waals surface area contributed by atoms with Gasteiger partial charge in [-0.25, -0.2) is 10.4 Å². The molecular weight excluding hydrogens is 283 g/mol. The molecule has 0 aliphatic carbocycles. The largest absolute Gasteiger partial charge is 0.417 e. The Morgan fingerprint density at radius 3 is 2.57 bits per heavy atom. The number of aromatic nitrogens is 2. The highest BCUT2D eigenvalue weighted by atomic mass is 19.4. The molecular formula is C13H10F3N5. The first kappa shape index (κ1) is 13.5. The van der Waals surface area contributed by atoms with Gasteiger partial charge in [0.25, 0.3) is 0 Å². The molecule has 3 heterocycles. The summed E-state index contributed by atoms with van der Waals surface area (Å²) in [6.45, 7) is 0. The van der Waals surface area contributed by atoms with Crippen LogP contribution in [0.1, 0.15) is 23.0 Å². The Hall–Kier alpha value is -2.48. The molecule has 0 saturated carbocycles. The molecule has 0 radical (unpaired) electrons. The molecule has 8 heteroatoms. The monoisotopic (exact) mass is 293 g/mol. The van der Waals surface area contributed by atoms with Crippen molar-refractivity contribution in [2.24, 2.45) is 4.99 Å². The van der Waals surface area contributed by atoms with E-state index in [1.165, 1.54) is 6.07 Å². The van der Waals surface area contributed by atoms with Crippen molar-refractivity contribution in [3.8, 4) is 0 Å². The summed E-state index contributed by atoms with van der Waals surface area (Å²) in [5.74, 6) is 0.387. The number of rotatable bonds is 2. The molecule has 21 heavy (non-hydrogen) atoms. The topological polar surface area (TPSA) is 62.2 Å². The number of amidine groups is 1. The van der Waals surface area contributed by atoms with Gasteiger partial charge in [0.15, 0.2) is 5.84 Å². The normalized spacial score (nSPS) is 18.2. The molecule has 2 aromatic heterocycles. The number of alkyl halides is 3. The molecule has 0 spiro atoms. The molecule has 108 valence electrons. The maximum absolute atomic E-state index is 12.5. The number of halogens is 3. The molecule has 5 nitrogen and oxygen atoms in total. The van der Waals surface area contributed by atoms with Crippen LogP contribution < -0.4 is 10.9 Å². The van der Waals surface area contributed by atoms with Crippen LogP contribution in [0.5, 0.6) is 0 Å². The van der Waals surface area contributed by atoms with Crippen molar-refractivity contribution >= 4 is 5.84 Å². The van der Waals surface area contributed by atoms with Gasteiger partial charge in [0.2, 0.25) is 0 Å². The van der Waals surface area contributed by atoms with E-state index in [0.717, 1.165) is 17.8 Å². The Morgan fingerprint density at radius 1 is 1.10 bits per heavy atom. The van der Waals surface area contributed by atoms with Crippen LogP contribution in [0.15, 0.2) is 47.8 Å². The van der Waals surface area contributed by atoms with Gasteiger partial charge >= 0.3 is 6.18 Å².